The Kier molecular flexibility index (Phi) is 6.18. The molecule has 1 N–H and O–H groups in total. The van der Waals surface area contributed by atoms with Gasteiger partial charge in [0.1, 0.15) is 15.3 Å². The lowest BCUT2D eigenvalue weighted by molar-refractivity contribution is -0.123. The van der Waals surface area contributed by atoms with Gasteiger partial charge in [-0.1, -0.05) is 12.1 Å². The second-order valence-electron chi connectivity index (χ2n) is 6.00. The van der Waals surface area contributed by atoms with Crippen LogP contribution >= 0.6 is 45.8 Å². The first kappa shape index (κ1) is 20.0. The van der Waals surface area contributed by atoms with Crippen molar-refractivity contribution in [1.82, 2.24) is 14.6 Å². The van der Waals surface area contributed by atoms with E-state index in [9.17, 15) is 13.2 Å². The lowest BCUT2D eigenvalue weighted by atomic mass is 10.3. The van der Waals surface area contributed by atoms with Crippen molar-refractivity contribution in [2.24, 2.45) is 0 Å². The number of rotatable bonds is 7. The summed E-state index contributed by atoms with van der Waals surface area (Å²) in [5.74, 6) is 0.517. The van der Waals surface area contributed by atoms with Crippen molar-refractivity contribution in [2.75, 3.05) is 18.2 Å². The number of thiophene rings is 2. The van der Waals surface area contributed by atoms with E-state index in [1.165, 1.54) is 27.4 Å². The van der Waals surface area contributed by atoms with Crippen molar-refractivity contribution in [3.05, 3.63) is 46.1 Å². The van der Waals surface area contributed by atoms with Gasteiger partial charge in [-0.25, -0.2) is 13.4 Å². The molecule has 0 spiro atoms. The molecule has 1 amide bonds. The lowest BCUT2D eigenvalue weighted by Gasteiger charge is -2.21. The van der Waals surface area contributed by atoms with Gasteiger partial charge in [-0.3, -0.25) is 4.79 Å². The van der Waals surface area contributed by atoms with E-state index in [4.69, 9.17) is 0 Å². The molecule has 148 valence electrons. The number of nitrogens with one attached hydrogen (secondary N) is 1. The number of carbonyl (C=O) groups excluding carboxylic acids is 1. The van der Waals surface area contributed by atoms with E-state index >= 15 is 0 Å². The largest absolute Gasteiger partial charge is 0.354 e. The Morgan fingerprint density at radius 3 is 2.79 bits per heavy atom. The van der Waals surface area contributed by atoms with Gasteiger partial charge in [0.25, 0.3) is 10.0 Å². The van der Waals surface area contributed by atoms with Crippen LogP contribution in [0, 0.1) is 0 Å². The van der Waals surface area contributed by atoms with Crippen LogP contribution in [0.15, 0.2) is 44.6 Å². The smallest absolute Gasteiger partial charge is 0.254 e. The fraction of sp³-hybridized carbons (Fsp3) is 0.294. The normalized spacial score (nSPS) is 17.8. The molecule has 4 heterocycles. The summed E-state index contributed by atoms with van der Waals surface area (Å²) in [6.45, 7) is 0.431. The van der Waals surface area contributed by atoms with Gasteiger partial charge in [0.2, 0.25) is 5.91 Å². The monoisotopic (exact) mass is 471 g/mol. The molecular formula is C17H17N3O3S5. The van der Waals surface area contributed by atoms with E-state index < -0.39 is 16.1 Å². The second kappa shape index (κ2) is 8.64. The van der Waals surface area contributed by atoms with Crippen LogP contribution in [0.3, 0.4) is 0 Å². The topological polar surface area (TPSA) is 79.4 Å². The zero-order valence-electron chi connectivity index (χ0n) is 14.6. The summed E-state index contributed by atoms with van der Waals surface area (Å²) in [5.41, 5.74) is 0.928. The van der Waals surface area contributed by atoms with E-state index in [2.05, 4.69) is 10.3 Å². The van der Waals surface area contributed by atoms with Crippen LogP contribution in [-0.4, -0.2) is 47.8 Å². The minimum Gasteiger partial charge on any atom is -0.354 e. The zero-order chi connectivity index (χ0) is 19.6. The summed E-state index contributed by atoms with van der Waals surface area (Å²) in [4.78, 5) is 18.4. The third-order valence-corrected chi connectivity index (χ3v) is 10.5. The third kappa shape index (κ3) is 4.19. The Morgan fingerprint density at radius 1 is 1.21 bits per heavy atom. The highest BCUT2D eigenvalue weighted by Crippen LogP contribution is 2.30. The van der Waals surface area contributed by atoms with Crippen LogP contribution in [0.25, 0.3) is 9.88 Å². The van der Waals surface area contributed by atoms with Gasteiger partial charge >= 0.3 is 0 Å². The molecule has 0 unspecified atom stereocenters. The molecule has 1 aliphatic rings. The Morgan fingerprint density at radius 2 is 2.04 bits per heavy atom. The number of thioether (sulfide) groups is 1. The van der Waals surface area contributed by atoms with Crippen LogP contribution in [0.4, 0.5) is 0 Å². The number of amides is 1. The maximum absolute atomic E-state index is 12.8. The van der Waals surface area contributed by atoms with E-state index in [1.807, 2.05) is 22.9 Å². The number of nitrogens with zero attached hydrogens (tertiary/aromatic N) is 2. The lowest BCUT2D eigenvalue weighted by Crippen LogP contribution is -2.47. The molecule has 6 nitrogen and oxygen atoms in total. The molecule has 3 aromatic heterocycles. The molecule has 11 heteroatoms. The van der Waals surface area contributed by atoms with Crippen molar-refractivity contribution in [3.63, 3.8) is 0 Å². The number of thiazole rings is 1. The van der Waals surface area contributed by atoms with Gasteiger partial charge in [0, 0.05) is 24.1 Å². The molecule has 3 aromatic rings. The molecule has 0 aromatic carbocycles. The predicted molar refractivity (Wildman–Crippen MR) is 117 cm³/mol. The molecule has 28 heavy (non-hydrogen) atoms. The standard InChI is InChI=1S/C17H17N3O3S5/c21-16(13-10-24-11-20(13)28(22,23)15-4-2-8-26-15)18-6-5-12-9-27-17(19-12)14-3-1-7-25-14/h1-4,7-9,13H,5-6,10-11H2,(H,18,21)/t13-/m1/s1. The summed E-state index contributed by atoms with van der Waals surface area (Å²) in [6.07, 6.45) is 0.616. The fourth-order valence-electron chi connectivity index (χ4n) is 2.76. The van der Waals surface area contributed by atoms with Crippen molar-refractivity contribution in [2.45, 2.75) is 16.7 Å². The summed E-state index contributed by atoms with van der Waals surface area (Å²) >= 11 is 5.87. The maximum Gasteiger partial charge on any atom is 0.254 e. The maximum atomic E-state index is 12.8. The molecule has 0 saturated carbocycles. The first-order valence-corrected chi connectivity index (χ1v) is 13.7. The Labute approximate surface area is 179 Å². The quantitative estimate of drug-likeness (QED) is 0.572. The van der Waals surface area contributed by atoms with Gasteiger partial charge < -0.3 is 5.32 Å². The molecular weight excluding hydrogens is 455 g/mol. The number of sulfonamides is 1. The van der Waals surface area contributed by atoms with E-state index in [0.29, 0.717) is 24.6 Å². The van der Waals surface area contributed by atoms with Crippen molar-refractivity contribution in [1.29, 1.82) is 0 Å². The average molecular weight is 472 g/mol. The molecule has 1 atom stereocenters. The van der Waals surface area contributed by atoms with Crippen LogP contribution in [0.1, 0.15) is 5.69 Å². The zero-order valence-corrected chi connectivity index (χ0v) is 18.7. The third-order valence-electron chi connectivity index (χ3n) is 4.17. The highest BCUT2D eigenvalue weighted by molar-refractivity contribution is 8.01. The molecule has 0 radical (unpaired) electrons. The summed E-state index contributed by atoms with van der Waals surface area (Å²) in [7, 11) is -3.63. The molecule has 1 aliphatic heterocycles. The first-order chi connectivity index (χ1) is 13.6. The van der Waals surface area contributed by atoms with Crippen LogP contribution in [0.2, 0.25) is 0 Å². The second-order valence-corrected chi connectivity index (χ2v) is 11.9. The SMILES string of the molecule is O=C(NCCc1csc(-c2cccs2)n1)[C@H]1CSCN1S(=O)(=O)c1cccs1. The number of aromatic nitrogens is 1. The summed E-state index contributed by atoms with van der Waals surface area (Å²) in [6, 6.07) is 6.64. The van der Waals surface area contributed by atoms with Gasteiger partial charge in [-0.2, -0.15) is 4.31 Å². The Hall–Kier alpha value is -1.24. The van der Waals surface area contributed by atoms with Crippen molar-refractivity contribution >= 4 is 61.7 Å². The number of carbonyl (C=O) groups is 1. The van der Waals surface area contributed by atoms with Crippen LogP contribution < -0.4 is 5.32 Å². The predicted octanol–water partition coefficient (Wildman–Crippen LogP) is 3.36. The van der Waals surface area contributed by atoms with Crippen LogP contribution in [-0.2, 0) is 21.2 Å². The molecule has 1 fully saturated rings. The fourth-order valence-corrected chi connectivity index (χ4v) is 8.70. The van der Waals surface area contributed by atoms with Gasteiger partial charge in [0.05, 0.1) is 16.4 Å². The van der Waals surface area contributed by atoms with E-state index in [1.54, 1.807) is 40.2 Å². The Bertz CT molecular complexity index is 1030. The number of hydrogen-bond acceptors (Lipinski definition) is 8. The average Bonchev–Trinajstić information content (AvgIpc) is 3.50. The van der Waals surface area contributed by atoms with Crippen molar-refractivity contribution in [3.8, 4) is 9.88 Å². The minimum atomic E-state index is -3.63. The van der Waals surface area contributed by atoms with Gasteiger partial charge in [-0.05, 0) is 22.9 Å². The van der Waals surface area contributed by atoms with Crippen molar-refractivity contribution < 1.29 is 13.2 Å². The molecule has 4 rings (SSSR count). The summed E-state index contributed by atoms with van der Waals surface area (Å²) in [5, 5.41) is 9.61. The van der Waals surface area contributed by atoms with Gasteiger partial charge in [0.15, 0.2) is 0 Å². The molecule has 0 aliphatic carbocycles. The summed E-state index contributed by atoms with van der Waals surface area (Å²) < 4.78 is 27.1. The molecule has 1 saturated heterocycles. The van der Waals surface area contributed by atoms with E-state index in [0.717, 1.165) is 15.6 Å². The molecule has 0 bridgehead atoms. The minimum absolute atomic E-state index is 0.251. The van der Waals surface area contributed by atoms with E-state index in [-0.39, 0.29) is 10.1 Å². The van der Waals surface area contributed by atoms with Gasteiger partial charge in [-0.15, -0.1) is 45.8 Å². The first-order valence-electron chi connectivity index (χ1n) is 8.45. The highest BCUT2D eigenvalue weighted by Gasteiger charge is 2.40. The Balaban J connectivity index is 1.35. The highest BCUT2D eigenvalue weighted by atomic mass is 32.2. The number of hydrogen-bond donors (Lipinski definition) is 1. The van der Waals surface area contributed by atoms with Crippen LogP contribution in [0.5, 0.6) is 0 Å².